The summed E-state index contributed by atoms with van der Waals surface area (Å²) in [6.45, 7) is 9.52. The van der Waals surface area contributed by atoms with Crippen LogP contribution in [0.25, 0.3) is 44.7 Å². The fourth-order valence-electron chi connectivity index (χ4n) is 4.09. The summed E-state index contributed by atoms with van der Waals surface area (Å²) in [6.07, 6.45) is 2.97. The zero-order chi connectivity index (χ0) is 27.3. The molecule has 0 aliphatic rings. The molecule has 3 aromatic carbocycles. The third kappa shape index (κ3) is 7.86. The molecule has 0 aliphatic carbocycles. The quantitative estimate of drug-likeness (QED) is 0.116. The number of nitrogens with zero attached hydrogens (tertiary/aromatic N) is 1. The molecule has 2 aromatic heterocycles. The number of aromatic nitrogens is 1. The van der Waals surface area contributed by atoms with Crippen LogP contribution >= 0.6 is 0 Å². The van der Waals surface area contributed by atoms with Crippen LogP contribution < -0.4 is 0 Å². The van der Waals surface area contributed by atoms with E-state index in [0.717, 1.165) is 39.1 Å². The second kappa shape index (κ2) is 12.8. The third-order valence-corrected chi connectivity index (χ3v) is 6.04. The van der Waals surface area contributed by atoms with Gasteiger partial charge < -0.3 is 14.5 Å². The molecule has 0 atom stereocenters. The maximum Gasteiger partial charge on any atom is 0.155 e. The zero-order valence-electron chi connectivity index (χ0n) is 22.8. The number of benzene rings is 3. The zero-order valence-corrected chi connectivity index (χ0v) is 25.2. The van der Waals surface area contributed by atoms with Crippen LogP contribution in [0, 0.1) is 6.07 Å². The Kier molecular flexibility index (Phi) is 9.80. The van der Waals surface area contributed by atoms with Crippen LogP contribution in [0.4, 0.5) is 0 Å². The molecule has 5 rings (SSSR count). The summed E-state index contributed by atoms with van der Waals surface area (Å²) in [4.78, 5) is 14.7. The van der Waals surface area contributed by atoms with Gasteiger partial charge in [0.1, 0.15) is 5.76 Å². The number of carbonyl (C=O) groups excluding carboxylic acids is 1. The predicted octanol–water partition coefficient (Wildman–Crippen LogP) is 8.96. The van der Waals surface area contributed by atoms with Gasteiger partial charge in [-0.15, -0.1) is 35.4 Å². The van der Waals surface area contributed by atoms with E-state index in [2.05, 4.69) is 105 Å². The van der Waals surface area contributed by atoms with Gasteiger partial charge >= 0.3 is 0 Å². The number of fused-ring (bicyclic) bond motifs is 1. The molecule has 5 heteroatoms. The van der Waals surface area contributed by atoms with Gasteiger partial charge in [0.15, 0.2) is 11.4 Å². The van der Waals surface area contributed by atoms with Crippen LogP contribution in [0.3, 0.4) is 0 Å². The molecule has 201 valence electrons. The average molecular weight is 695 g/mol. The first-order valence-electron chi connectivity index (χ1n) is 12.6. The number of carbonyl (C=O) groups is 1. The normalized spacial score (nSPS) is 11.4. The molecule has 0 aliphatic heterocycles. The predicted molar refractivity (Wildman–Crippen MR) is 155 cm³/mol. The van der Waals surface area contributed by atoms with Crippen molar-refractivity contribution in [2.24, 2.45) is 0 Å². The minimum Gasteiger partial charge on any atom is -0.512 e. The largest absolute Gasteiger partial charge is 0.512 e. The van der Waals surface area contributed by atoms with Crippen LogP contribution in [0.1, 0.15) is 40.2 Å². The summed E-state index contributed by atoms with van der Waals surface area (Å²) >= 11 is 0. The van der Waals surface area contributed by atoms with Crippen LogP contribution in [0.15, 0.2) is 107 Å². The Bertz CT molecular complexity index is 1570. The van der Waals surface area contributed by atoms with Gasteiger partial charge in [-0.05, 0) is 42.1 Å². The molecular formula is C34H32IrNO3-. The molecule has 39 heavy (non-hydrogen) atoms. The maximum atomic E-state index is 10.0. The fourth-order valence-corrected chi connectivity index (χ4v) is 4.09. The van der Waals surface area contributed by atoms with Crippen molar-refractivity contribution in [3.8, 4) is 33.7 Å². The van der Waals surface area contributed by atoms with Gasteiger partial charge in [0.25, 0.3) is 0 Å². The monoisotopic (exact) mass is 695 g/mol. The topological polar surface area (TPSA) is 63.3 Å². The first kappa shape index (κ1) is 29.8. The van der Waals surface area contributed by atoms with E-state index in [1.165, 1.54) is 31.1 Å². The molecule has 4 nitrogen and oxygen atoms in total. The summed E-state index contributed by atoms with van der Waals surface area (Å²) in [5.41, 5.74) is 7.51. The van der Waals surface area contributed by atoms with Crippen molar-refractivity contribution in [2.75, 3.05) is 0 Å². The van der Waals surface area contributed by atoms with E-state index >= 15 is 0 Å². The maximum absolute atomic E-state index is 10.0. The molecule has 0 saturated carbocycles. The first-order chi connectivity index (χ1) is 18.1. The number of furan rings is 1. The van der Waals surface area contributed by atoms with Crippen molar-refractivity contribution in [1.82, 2.24) is 4.98 Å². The van der Waals surface area contributed by atoms with Crippen molar-refractivity contribution < 1.29 is 34.4 Å². The third-order valence-electron chi connectivity index (χ3n) is 6.04. The van der Waals surface area contributed by atoms with Crippen molar-refractivity contribution in [1.29, 1.82) is 0 Å². The summed E-state index contributed by atoms with van der Waals surface area (Å²) in [7, 11) is 0. The van der Waals surface area contributed by atoms with Crippen LogP contribution in [-0.2, 0) is 30.3 Å². The van der Waals surface area contributed by atoms with Crippen LogP contribution in [0.5, 0.6) is 0 Å². The Morgan fingerprint density at radius 2 is 1.59 bits per heavy atom. The molecule has 1 radical (unpaired) electrons. The van der Waals surface area contributed by atoms with Gasteiger partial charge in [0.2, 0.25) is 0 Å². The van der Waals surface area contributed by atoms with E-state index < -0.39 is 0 Å². The number of rotatable bonds is 4. The van der Waals surface area contributed by atoms with E-state index in [4.69, 9.17) is 9.52 Å². The fraction of sp³-hybridized carbons (Fsp3) is 0.176. The van der Waals surface area contributed by atoms with Gasteiger partial charge in [-0.1, -0.05) is 81.4 Å². The Morgan fingerprint density at radius 1 is 0.897 bits per heavy atom. The molecule has 0 bridgehead atoms. The van der Waals surface area contributed by atoms with Crippen molar-refractivity contribution in [2.45, 2.75) is 40.0 Å². The van der Waals surface area contributed by atoms with Gasteiger partial charge in [-0.2, -0.15) is 0 Å². The van der Waals surface area contributed by atoms with E-state index in [-0.39, 0.29) is 37.1 Å². The SMILES string of the molecule is CC(=O)/C=C(/C)O.CC(C)(C)c1ccc(-c2cc3cc(-c4[c-]ccc(-c5ccccc5)c4)ncc3o2)cc1.[Ir]. The Balaban J connectivity index is 0.000000468. The van der Waals surface area contributed by atoms with Gasteiger partial charge in [-0.25, -0.2) is 0 Å². The molecule has 0 unspecified atom stereocenters. The Hall–Kier alpha value is -3.79. The number of aliphatic hydroxyl groups is 1. The van der Waals surface area contributed by atoms with Crippen molar-refractivity contribution >= 4 is 16.8 Å². The second-order valence-corrected chi connectivity index (χ2v) is 10.3. The second-order valence-electron chi connectivity index (χ2n) is 10.3. The molecule has 0 saturated heterocycles. The number of hydrogen-bond acceptors (Lipinski definition) is 4. The molecule has 5 aromatic rings. The Morgan fingerprint density at radius 3 is 2.18 bits per heavy atom. The number of aliphatic hydroxyl groups excluding tert-OH is 1. The van der Waals surface area contributed by atoms with E-state index in [9.17, 15) is 4.79 Å². The minimum atomic E-state index is -0.125. The molecule has 0 spiro atoms. The standard InChI is InChI=1S/C29H24NO.C5H8O2.Ir/c1-29(2,3)25-14-12-21(13-15-25)27-18-24-17-26(30-19-28(24)31-27)23-11-7-10-22(16-23)20-8-5-4-6-9-20;1-4(6)3-5(2)7;/h4-10,12-19H,1-3H3;3,6H,1-2H3;/q-1;;/b;4-3-;. The first-order valence-corrected chi connectivity index (χ1v) is 12.6. The molecule has 0 amide bonds. The summed E-state index contributed by atoms with van der Waals surface area (Å²) in [5, 5.41) is 9.40. The number of ketones is 1. The van der Waals surface area contributed by atoms with Crippen molar-refractivity contribution in [3.63, 3.8) is 0 Å². The molecule has 0 fully saturated rings. The molecule has 2 heterocycles. The number of pyridine rings is 1. The van der Waals surface area contributed by atoms with E-state index in [1.54, 1.807) is 6.20 Å². The summed E-state index contributed by atoms with van der Waals surface area (Å²) in [6, 6.07) is 32.6. The van der Waals surface area contributed by atoms with Crippen molar-refractivity contribution in [3.05, 3.63) is 115 Å². The number of allylic oxidation sites excluding steroid dienone is 2. The average Bonchev–Trinajstić information content (AvgIpc) is 3.32. The molecular weight excluding hydrogens is 663 g/mol. The molecule has 1 N–H and O–H groups in total. The van der Waals surface area contributed by atoms with Gasteiger partial charge in [0, 0.05) is 37.1 Å². The van der Waals surface area contributed by atoms with E-state index in [1.807, 2.05) is 12.1 Å². The Labute approximate surface area is 243 Å². The van der Waals surface area contributed by atoms with E-state index in [0.29, 0.717) is 0 Å². The van der Waals surface area contributed by atoms with Crippen LogP contribution in [0.2, 0.25) is 0 Å². The summed E-state index contributed by atoms with van der Waals surface area (Å²) < 4.78 is 6.09. The van der Waals surface area contributed by atoms with Gasteiger partial charge in [-0.3, -0.25) is 4.79 Å². The number of hydrogen-bond donors (Lipinski definition) is 1. The van der Waals surface area contributed by atoms with Crippen LogP contribution in [-0.4, -0.2) is 15.9 Å². The summed E-state index contributed by atoms with van der Waals surface area (Å²) in [5.74, 6) is 0.795. The minimum absolute atomic E-state index is 0. The van der Waals surface area contributed by atoms with Gasteiger partial charge in [0.05, 0.1) is 12.0 Å². The smallest absolute Gasteiger partial charge is 0.155 e.